The predicted octanol–water partition coefficient (Wildman–Crippen LogP) is 1.90. The van der Waals surface area contributed by atoms with E-state index in [0.29, 0.717) is 23.0 Å². The molecule has 5 heteroatoms. The lowest BCUT2D eigenvalue weighted by Gasteiger charge is -2.38. The first-order valence-electron chi connectivity index (χ1n) is 6.20. The van der Waals surface area contributed by atoms with Crippen LogP contribution in [-0.2, 0) is 0 Å². The average Bonchev–Trinajstić information content (AvgIpc) is 2.35. The molecule has 1 amide bonds. The Bertz CT molecular complexity index is 723. The van der Waals surface area contributed by atoms with Gasteiger partial charge in [0.15, 0.2) is 0 Å². The van der Waals surface area contributed by atoms with Gasteiger partial charge in [0.1, 0.15) is 5.82 Å². The molecule has 4 nitrogen and oxygen atoms in total. The van der Waals surface area contributed by atoms with E-state index >= 15 is 0 Å². The Labute approximate surface area is 108 Å². The van der Waals surface area contributed by atoms with Crippen LogP contribution in [0.2, 0.25) is 0 Å². The molecule has 19 heavy (non-hydrogen) atoms. The third-order valence-corrected chi connectivity index (χ3v) is 3.62. The summed E-state index contributed by atoms with van der Waals surface area (Å²) in [6.07, 6.45) is 0.974. The molecule has 1 aliphatic heterocycles. The summed E-state index contributed by atoms with van der Waals surface area (Å²) in [5.41, 5.74) is 0.295. The molecular weight excluding hydrogens is 247 g/mol. The number of halogens is 1. The van der Waals surface area contributed by atoms with Crippen molar-refractivity contribution in [1.29, 1.82) is 0 Å². The molecule has 3 rings (SSSR count). The van der Waals surface area contributed by atoms with Gasteiger partial charge in [-0.3, -0.25) is 9.59 Å². The van der Waals surface area contributed by atoms with Crippen molar-refractivity contribution in [3.63, 3.8) is 0 Å². The lowest BCUT2D eigenvalue weighted by Crippen LogP contribution is -2.49. The van der Waals surface area contributed by atoms with Crippen LogP contribution < -0.4 is 5.56 Å². The molecule has 1 aromatic carbocycles. The summed E-state index contributed by atoms with van der Waals surface area (Å²) in [6, 6.07) is 5.53. The molecule has 1 fully saturated rings. The Balaban J connectivity index is 2.17. The van der Waals surface area contributed by atoms with Crippen molar-refractivity contribution < 1.29 is 9.18 Å². The van der Waals surface area contributed by atoms with Crippen molar-refractivity contribution in [2.45, 2.75) is 19.4 Å². The van der Waals surface area contributed by atoms with Crippen molar-refractivity contribution in [2.24, 2.45) is 0 Å². The topological polar surface area (TPSA) is 53.2 Å². The highest BCUT2D eigenvalue weighted by molar-refractivity contribution is 6.06. The molecule has 0 saturated carbocycles. The van der Waals surface area contributed by atoms with Crippen LogP contribution in [0.5, 0.6) is 0 Å². The maximum absolute atomic E-state index is 13.2. The van der Waals surface area contributed by atoms with E-state index < -0.39 is 11.4 Å². The first kappa shape index (κ1) is 11.9. The molecule has 1 atom stereocenters. The third-order valence-electron chi connectivity index (χ3n) is 3.62. The molecule has 1 saturated heterocycles. The second-order valence-corrected chi connectivity index (χ2v) is 4.87. The molecule has 1 N–H and O–H groups in total. The number of pyridine rings is 1. The van der Waals surface area contributed by atoms with Crippen LogP contribution in [0.25, 0.3) is 10.9 Å². The van der Waals surface area contributed by atoms with E-state index in [0.717, 1.165) is 6.42 Å². The summed E-state index contributed by atoms with van der Waals surface area (Å²) in [6.45, 7) is 2.67. The molecule has 1 unspecified atom stereocenters. The third kappa shape index (κ3) is 1.91. The van der Waals surface area contributed by atoms with E-state index in [1.807, 2.05) is 6.92 Å². The number of benzene rings is 1. The van der Waals surface area contributed by atoms with E-state index in [1.54, 1.807) is 4.90 Å². The van der Waals surface area contributed by atoms with Crippen molar-refractivity contribution in [3.8, 4) is 0 Å². The number of likely N-dealkylation sites (tertiary alicyclic amines) is 1. The number of aromatic amines is 1. The number of amides is 1. The molecule has 0 radical (unpaired) electrons. The summed E-state index contributed by atoms with van der Waals surface area (Å²) in [7, 11) is 0. The average molecular weight is 260 g/mol. The zero-order valence-electron chi connectivity index (χ0n) is 10.4. The number of nitrogens with one attached hydrogen (secondary N) is 1. The first-order chi connectivity index (χ1) is 9.06. The monoisotopic (exact) mass is 260 g/mol. The van der Waals surface area contributed by atoms with Gasteiger partial charge in [-0.2, -0.15) is 0 Å². The van der Waals surface area contributed by atoms with Gasteiger partial charge in [0.05, 0.1) is 11.1 Å². The Morgan fingerprint density at radius 2 is 2.21 bits per heavy atom. The minimum absolute atomic E-state index is 0.165. The largest absolute Gasteiger partial charge is 0.336 e. The molecule has 98 valence electrons. The number of fused-ring (bicyclic) bond motifs is 1. The van der Waals surface area contributed by atoms with Gasteiger partial charge in [-0.1, -0.05) is 0 Å². The number of hydrogen-bond acceptors (Lipinski definition) is 2. The Morgan fingerprint density at radius 3 is 2.84 bits per heavy atom. The molecule has 1 aromatic heterocycles. The highest BCUT2D eigenvalue weighted by atomic mass is 19.1. The van der Waals surface area contributed by atoms with Crippen LogP contribution in [0, 0.1) is 5.82 Å². The summed E-state index contributed by atoms with van der Waals surface area (Å²) in [5.74, 6) is -0.605. The van der Waals surface area contributed by atoms with E-state index in [1.165, 1.54) is 24.3 Å². The maximum atomic E-state index is 13.2. The normalized spacial score (nSPS) is 18.4. The maximum Gasteiger partial charge on any atom is 0.254 e. The summed E-state index contributed by atoms with van der Waals surface area (Å²) in [4.78, 5) is 28.2. The zero-order chi connectivity index (χ0) is 13.6. The lowest BCUT2D eigenvalue weighted by molar-refractivity contribution is 0.0504. The lowest BCUT2D eigenvalue weighted by atomic mass is 10.0. The smallest absolute Gasteiger partial charge is 0.254 e. The molecule has 1 aliphatic rings. The summed E-state index contributed by atoms with van der Waals surface area (Å²) in [5, 5.41) is 0.574. The second-order valence-electron chi connectivity index (χ2n) is 4.87. The Kier molecular flexibility index (Phi) is 2.62. The van der Waals surface area contributed by atoms with Gasteiger partial charge in [-0.25, -0.2) is 4.39 Å². The number of hydrogen-bond donors (Lipinski definition) is 1. The minimum atomic E-state index is -0.440. The van der Waals surface area contributed by atoms with Crippen molar-refractivity contribution >= 4 is 16.8 Å². The van der Waals surface area contributed by atoms with Crippen molar-refractivity contribution in [1.82, 2.24) is 9.88 Å². The van der Waals surface area contributed by atoms with Crippen molar-refractivity contribution in [2.75, 3.05) is 6.54 Å². The number of H-pyrrole nitrogens is 1. The van der Waals surface area contributed by atoms with Crippen LogP contribution >= 0.6 is 0 Å². The number of carbonyl (C=O) groups excluding carboxylic acids is 1. The molecule has 0 spiro atoms. The fourth-order valence-corrected chi connectivity index (χ4v) is 2.38. The highest BCUT2D eigenvalue weighted by Gasteiger charge is 2.30. The SMILES string of the molecule is CC1CCN1C(=O)c1cc(=O)[nH]c2cc(F)ccc12. The first-order valence-corrected chi connectivity index (χ1v) is 6.20. The Hall–Kier alpha value is -2.17. The fraction of sp³-hybridized carbons (Fsp3) is 0.286. The summed E-state index contributed by atoms with van der Waals surface area (Å²) < 4.78 is 13.2. The molecule has 0 aliphatic carbocycles. The molecule has 2 aromatic rings. The van der Waals surface area contributed by atoms with Crippen LogP contribution in [0.3, 0.4) is 0 Å². The van der Waals surface area contributed by atoms with Gasteiger partial charge in [-0.05, 0) is 31.5 Å². The number of rotatable bonds is 1. The van der Waals surface area contributed by atoms with Gasteiger partial charge < -0.3 is 9.88 Å². The molecule has 0 bridgehead atoms. The van der Waals surface area contributed by atoms with Crippen LogP contribution in [0.4, 0.5) is 4.39 Å². The second kappa shape index (κ2) is 4.19. The molecular formula is C14H13FN2O2. The number of nitrogens with zero attached hydrogens (tertiary/aromatic N) is 1. The standard InChI is InChI=1S/C14H13FN2O2/c1-8-4-5-17(8)14(19)11-7-13(18)16-12-6-9(15)2-3-10(11)12/h2-3,6-8H,4-5H2,1H3,(H,16,18). The number of carbonyl (C=O) groups is 1. The van der Waals surface area contributed by atoms with E-state index in [4.69, 9.17) is 0 Å². The van der Waals surface area contributed by atoms with Gasteiger partial charge in [0.2, 0.25) is 5.56 Å². The zero-order valence-corrected chi connectivity index (χ0v) is 10.4. The quantitative estimate of drug-likeness (QED) is 0.851. The predicted molar refractivity (Wildman–Crippen MR) is 69.6 cm³/mol. The van der Waals surface area contributed by atoms with Crippen LogP contribution in [-0.4, -0.2) is 28.4 Å². The van der Waals surface area contributed by atoms with Crippen molar-refractivity contribution in [3.05, 3.63) is 46.0 Å². The fourth-order valence-electron chi connectivity index (χ4n) is 2.38. The number of aromatic nitrogens is 1. The van der Waals surface area contributed by atoms with E-state index in [-0.39, 0.29) is 11.9 Å². The van der Waals surface area contributed by atoms with Gasteiger partial charge in [0.25, 0.3) is 5.91 Å². The molecule has 2 heterocycles. The van der Waals surface area contributed by atoms with Gasteiger partial charge >= 0.3 is 0 Å². The van der Waals surface area contributed by atoms with E-state index in [9.17, 15) is 14.0 Å². The minimum Gasteiger partial charge on any atom is -0.336 e. The summed E-state index contributed by atoms with van der Waals surface area (Å²) >= 11 is 0. The van der Waals surface area contributed by atoms with Crippen LogP contribution in [0.1, 0.15) is 23.7 Å². The van der Waals surface area contributed by atoms with E-state index in [2.05, 4.69) is 4.98 Å². The van der Waals surface area contributed by atoms with Crippen LogP contribution in [0.15, 0.2) is 29.1 Å². The van der Waals surface area contributed by atoms with Gasteiger partial charge in [0, 0.05) is 24.0 Å². The highest BCUT2D eigenvalue weighted by Crippen LogP contribution is 2.23. The Morgan fingerprint density at radius 1 is 1.42 bits per heavy atom. The van der Waals surface area contributed by atoms with Gasteiger partial charge in [-0.15, -0.1) is 0 Å².